The fourth-order valence-corrected chi connectivity index (χ4v) is 2.50. The summed E-state index contributed by atoms with van der Waals surface area (Å²) in [6, 6.07) is 5.11. The predicted octanol–water partition coefficient (Wildman–Crippen LogP) is 2.74. The van der Waals surface area contributed by atoms with Crippen molar-refractivity contribution in [2.45, 2.75) is 6.92 Å². The van der Waals surface area contributed by atoms with E-state index in [9.17, 15) is 9.59 Å². The van der Waals surface area contributed by atoms with Gasteiger partial charge in [0.2, 0.25) is 11.1 Å². The quantitative estimate of drug-likeness (QED) is 0.775. The third kappa shape index (κ3) is 2.76. The Kier molecular flexibility index (Phi) is 4.25. The van der Waals surface area contributed by atoms with Crippen LogP contribution in [0.15, 0.2) is 33.7 Å². The molecule has 0 saturated heterocycles. The van der Waals surface area contributed by atoms with Crippen molar-refractivity contribution in [1.82, 2.24) is 9.78 Å². The Morgan fingerprint density at radius 1 is 1.45 bits per heavy atom. The normalized spacial score (nSPS) is 10.4. The summed E-state index contributed by atoms with van der Waals surface area (Å²) in [6.45, 7) is 1.61. The van der Waals surface area contributed by atoms with E-state index >= 15 is 0 Å². The molecule has 1 heterocycles. The fraction of sp³-hybridized carbons (Fsp3) is 0.154. The van der Waals surface area contributed by atoms with Crippen molar-refractivity contribution in [1.29, 1.82) is 0 Å². The maximum absolute atomic E-state index is 11.9. The van der Waals surface area contributed by atoms with Crippen molar-refractivity contribution in [2.24, 2.45) is 0 Å². The first-order valence-corrected chi connectivity index (χ1v) is 6.75. The minimum atomic E-state index is -0.766. The lowest BCUT2D eigenvalue weighted by atomic mass is 10.2. The molecule has 20 heavy (non-hydrogen) atoms. The topological polar surface area (TPSA) is 61.2 Å². The lowest BCUT2D eigenvalue weighted by Gasteiger charge is -2.10. The van der Waals surface area contributed by atoms with Crippen LogP contribution in [0.1, 0.15) is 16.1 Å². The van der Waals surface area contributed by atoms with E-state index in [1.54, 1.807) is 31.3 Å². The fourth-order valence-electron chi connectivity index (χ4n) is 1.63. The lowest BCUT2D eigenvalue weighted by molar-refractivity contribution is 0.0590. The van der Waals surface area contributed by atoms with Crippen molar-refractivity contribution >= 4 is 33.5 Å². The van der Waals surface area contributed by atoms with E-state index in [4.69, 9.17) is 11.6 Å². The SMILES string of the molecule is COC(=O)c1nn(-c2ccc(Cl)cc2Br)cc(C)c1=O. The molecular weight excluding hydrogens is 348 g/mol. The zero-order chi connectivity index (χ0) is 14.9. The molecule has 0 aliphatic carbocycles. The van der Waals surface area contributed by atoms with Gasteiger partial charge in [-0.05, 0) is 41.1 Å². The Hall–Kier alpha value is -1.66. The number of aryl methyl sites for hydroxylation is 1. The Bertz CT molecular complexity index is 743. The Morgan fingerprint density at radius 3 is 2.75 bits per heavy atom. The number of rotatable bonds is 2. The largest absolute Gasteiger partial charge is 0.464 e. The van der Waals surface area contributed by atoms with Crippen LogP contribution in [-0.4, -0.2) is 22.9 Å². The van der Waals surface area contributed by atoms with Crippen LogP contribution in [0.3, 0.4) is 0 Å². The number of hydrogen-bond acceptors (Lipinski definition) is 4. The summed E-state index contributed by atoms with van der Waals surface area (Å²) in [5, 5.41) is 4.58. The monoisotopic (exact) mass is 356 g/mol. The standard InChI is InChI=1S/C13H10BrClN2O3/c1-7-6-17(10-4-3-8(15)5-9(10)14)16-11(12(7)18)13(19)20-2/h3-6H,1-2H3. The molecule has 0 bridgehead atoms. The van der Waals surface area contributed by atoms with E-state index in [2.05, 4.69) is 25.8 Å². The van der Waals surface area contributed by atoms with Gasteiger partial charge in [-0.15, -0.1) is 0 Å². The molecule has 0 saturated carbocycles. The number of methoxy groups -OCH3 is 1. The summed E-state index contributed by atoms with van der Waals surface area (Å²) in [4.78, 5) is 23.5. The molecule has 0 aliphatic rings. The first-order chi connectivity index (χ1) is 9.43. The highest BCUT2D eigenvalue weighted by atomic mass is 79.9. The van der Waals surface area contributed by atoms with Gasteiger partial charge in [0.1, 0.15) is 0 Å². The van der Waals surface area contributed by atoms with Crippen molar-refractivity contribution in [2.75, 3.05) is 7.11 Å². The third-order valence-electron chi connectivity index (χ3n) is 2.63. The number of esters is 1. The van der Waals surface area contributed by atoms with Crippen molar-refractivity contribution in [3.63, 3.8) is 0 Å². The lowest BCUT2D eigenvalue weighted by Crippen LogP contribution is -2.24. The number of aromatic nitrogens is 2. The summed E-state index contributed by atoms with van der Waals surface area (Å²) in [5.74, 6) is -0.766. The molecule has 7 heteroatoms. The van der Waals surface area contributed by atoms with Crippen LogP contribution in [0, 0.1) is 6.92 Å². The van der Waals surface area contributed by atoms with Gasteiger partial charge in [-0.1, -0.05) is 11.6 Å². The molecule has 0 spiro atoms. The minimum Gasteiger partial charge on any atom is -0.464 e. The highest BCUT2D eigenvalue weighted by molar-refractivity contribution is 9.10. The number of ether oxygens (including phenoxy) is 1. The molecule has 2 rings (SSSR count). The molecule has 5 nitrogen and oxygen atoms in total. The van der Waals surface area contributed by atoms with Crippen LogP contribution in [0.4, 0.5) is 0 Å². The zero-order valence-corrected chi connectivity index (χ0v) is 13.0. The van der Waals surface area contributed by atoms with E-state index in [-0.39, 0.29) is 5.69 Å². The van der Waals surface area contributed by atoms with Crippen LogP contribution in [-0.2, 0) is 4.74 Å². The third-order valence-corrected chi connectivity index (χ3v) is 3.50. The molecule has 0 fully saturated rings. The Balaban J connectivity index is 2.67. The number of nitrogens with zero attached hydrogens (tertiary/aromatic N) is 2. The second kappa shape index (κ2) is 5.76. The van der Waals surface area contributed by atoms with Gasteiger partial charge in [-0.3, -0.25) is 4.79 Å². The van der Waals surface area contributed by atoms with Gasteiger partial charge < -0.3 is 4.74 Å². The maximum Gasteiger partial charge on any atom is 0.362 e. The number of carbonyl (C=O) groups is 1. The molecule has 0 aliphatic heterocycles. The number of benzene rings is 1. The van der Waals surface area contributed by atoms with Crippen LogP contribution < -0.4 is 5.43 Å². The van der Waals surface area contributed by atoms with Gasteiger partial charge in [-0.2, -0.15) is 5.10 Å². The first kappa shape index (κ1) is 14.7. The molecule has 0 unspecified atom stereocenters. The first-order valence-electron chi connectivity index (χ1n) is 5.58. The van der Waals surface area contributed by atoms with Crippen LogP contribution in [0.25, 0.3) is 5.69 Å². The van der Waals surface area contributed by atoms with E-state index in [1.165, 1.54) is 11.8 Å². The van der Waals surface area contributed by atoms with Gasteiger partial charge in [0.15, 0.2) is 0 Å². The molecule has 104 valence electrons. The van der Waals surface area contributed by atoms with E-state index in [0.717, 1.165) is 0 Å². The van der Waals surface area contributed by atoms with Crippen LogP contribution in [0.2, 0.25) is 5.02 Å². The predicted molar refractivity (Wildman–Crippen MR) is 78.6 cm³/mol. The van der Waals surface area contributed by atoms with E-state index in [0.29, 0.717) is 20.7 Å². The zero-order valence-electron chi connectivity index (χ0n) is 10.7. The Labute approximate surface area is 128 Å². The maximum atomic E-state index is 11.9. The average Bonchev–Trinajstić information content (AvgIpc) is 2.41. The molecule has 0 radical (unpaired) electrons. The van der Waals surface area contributed by atoms with Gasteiger partial charge in [-0.25, -0.2) is 9.48 Å². The second-order valence-electron chi connectivity index (χ2n) is 4.02. The van der Waals surface area contributed by atoms with Gasteiger partial charge in [0.05, 0.1) is 12.8 Å². The number of hydrogen-bond donors (Lipinski definition) is 0. The smallest absolute Gasteiger partial charge is 0.362 e. The van der Waals surface area contributed by atoms with Crippen LogP contribution in [0.5, 0.6) is 0 Å². The highest BCUT2D eigenvalue weighted by Gasteiger charge is 2.16. The minimum absolute atomic E-state index is 0.255. The summed E-state index contributed by atoms with van der Waals surface area (Å²) >= 11 is 9.25. The molecule has 1 aromatic carbocycles. The van der Waals surface area contributed by atoms with E-state index < -0.39 is 11.4 Å². The second-order valence-corrected chi connectivity index (χ2v) is 5.31. The molecule has 0 amide bonds. The summed E-state index contributed by atoms with van der Waals surface area (Å²) < 4.78 is 6.69. The number of carbonyl (C=O) groups excluding carboxylic acids is 1. The molecule has 1 aromatic heterocycles. The Morgan fingerprint density at radius 2 is 2.15 bits per heavy atom. The van der Waals surface area contributed by atoms with Gasteiger partial charge in [0, 0.05) is 21.3 Å². The van der Waals surface area contributed by atoms with E-state index in [1.807, 2.05) is 0 Å². The molecule has 2 aromatic rings. The summed E-state index contributed by atoms with van der Waals surface area (Å²) in [6.07, 6.45) is 1.54. The van der Waals surface area contributed by atoms with Crippen molar-refractivity contribution < 1.29 is 9.53 Å². The van der Waals surface area contributed by atoms with Crippen molar-refractivity contribution in [3.8, 4) is 5.69 Å². The van der Waals surface area contributed by atoms with Gasteiger partial charge >= 0.3 is 5.97 Å². The average molecular weight is 358 g/mol. The van der Waals surface area contributed by atoms with Crippen molar-refractivity contribution in [3.05, 3.63) is 55.4 Å². The summed E-state index contributed by atoms with van der Waals surface area (Å²) in [7, 11) is 1.20. The molecular formula is C13H10BrClN2O3. The highest BCUT2D eigenvalue weighted by Crippen LogP contribution is 2.24. The molecule has 0 N–H and O–H groups in total. The summed E-state index contributed by atoms with van der Waals surface area (Å²) in [5.41, 5.74) is 0.345. The van der Waals surface area contributed by atoms with Crippen LogP contribution >= 0.6 is 27.5 Å². The van der Waals surface area contributed by atoms with Gasteiger partial charge in [0.25, 0.3) is 0 Å². The number of halogens is 2. The molecule has 0 atom stereocenters.